The Morgan fingerprint density at radius 2 is 1.46 bits per heavy atom. The van der Waals surface area contributed by atoms with Crippen LogP contribution in [0.5, 0.6) is 0 Å². The van der Waals surface area contributed by atoms with Gasteiger partial charge >= 0.3 is 0 Å². The number of hydrogen-bond donors (Lipinski definition) is 0. The van der Waals surface area contributed by atoms with E-state index in [1.807, 2.05) is 0 Å². The molecule has 0 aliphatic heterocycles. The summed E-state index contributed by atoms with van der Waals surface area (Å²) >= 11 is 0. The highest BCUT2D eigenvalue weighted by Crippen LogP contribution is 2.27. The molecule has 0 nitrogen and oxygen atoms in total. The van der Waals surface area contributed by atoms with E-state index in [0.29, 0.717) is 16.7 Å². The van der Waals surface area contributed by atoms with Gasteiger partial charge in [0.05, 0.1) is 0 Å². The molecule has 0 radical (unpaired) electrons. The predicted octanol–water partition coefficient (Wildman–Crippen LogP) is 4.66. The lowest BCUT2D eigenvalue weighted by molar-refractivity contribution is 0.312. The second kappa shape index (κ2) is 4.30. The van der Waals surface area contributed by atoms with Gasteiger partial charge in [0.25, 0.3) is 0 Å². The van der Waals surface area contributed by atoms with Gasteiger partial charge in [-0.05, 0) is 23.2 Å². The van der Waals surface area contributed by atoms with Crippen molar-refractivity contribution < 1.29 is 0 Å². The lowest BCUT2D eigenvalue weighted by Crippen LogP contribution is -2.15. The van der Waals surface area contributed by atoms with Crippen LogP contribution in [0, 0.1) is 16.7 Å². The molecule has 0 bridgehead atoms. The summed E-state index contributed by atoms with van der Waals surface area (Å²) in [4.78, 5) is 0. The molecule has 1 atom stereocenters. The Labute approximate surface area is 84.4 Å². The highest BCUT2D eigenvalue weighted by molar-refractivity contribution is 4.93. The highest BCUT2D eigenvalue weighted by Gasteiger charge is 2.17. The van der Waals surface area contributed by atoms with Crippen molar-refractivity contribution in [3.05, 3.63) is 12.2 Å². The van der Waals surface area contributed by atoms with Crippen LogP contribution in [-0.4, -0.2) is 0 Å². The normalized spacial score (nSPS) is 16.5. The lowest BCUT2D eigenvalue weighted by Gasteiger charge is -2.24. The molecule has 0 heterocycles. The topological polar surface area (TPSA) is 0 Å². The second-order valence-electron chi connectivity index (χ2n) is 6.35. The molecule has 0 heteroatoms. The Balaban J connectivity index is 4.00. The fourth-order valence-electron chi connectivity index (χ4n) is 0.914. The van der Waals surface area contributed by atoms with Crippen molar-refractivity contribution in [1.29, 1.82) is 0 Å². The van der Waals surface area contributed by atoms with Crippen LogP contribution in [0.3, 0.4) is 0 Å². The van der Waals surface area contributed by atoms with E-state index in [0.717, 1.165) is 0 Å². The smallest absolute Gasteiger partial charge is 0.0213 e. The third-order valence-corrected chi connectivity index (χ3v) is 2.52. The SMILES string of the molecule is CC(/C=C\CC(C)(C)C)C(C)(C)C. The maximum absolute atomic E-state index is 2.35. The molecule has 0 rings (SSSR count). The summed E-state index contributed by atoms with van der Waals surface area (Å²) in [6.45, 7) is 16.0. The molecule has 0 amide bonds. The van der Waals surface area contributed by atoms with Crippen molar-refractivity contribution in [3.63, 3.8) is 0 Å². The van der Waals surface area contributed by atoms with Crippen LogP contribution in [0.1, 0.15) is 54.9 Å². The van der Waals surface area contributed by atoms with Gasteiger partial charge in [-0.1, -0.05) is 60.6 Å². The molecular formula is C13H26. The fraction of sp³-hybridized carbons (Fsp3) is 0.846. The minimum Gasteiger partial charge on any atom is -0.0877 e. The van der Waals surface area contributed by atoms with Crippen molar-refractivity contribution in [3.8, 4) is 0 Å². The van der Waals surface area contributed by atoms with Crippen LogP contribution in [0.4, 0.5) is 0 Å². The molecule has 0 fully saturated rings. The highest BCUT2D eigenvalue weighted by atomic mass is 14.2. The number of rotatable bonds is 2. The summed E-state index contributed by atoms with van der Waals surface area (Å²) < 4.78 is 0. The second-order valence-corrected chi connectivity index (χ2v) is 6.35. The van der Waals surface area contributed by atoms with Crippen LogP contribution in [0.25, 0.3) is 0 Å². The van der Waals surface area contributed by atoms with E-state index in [-0.39, 0.29) is 0 Å². The third-order valence-electron chi connectivity index (χ3n) is 2.52. The molecule has 78 valence electrons. The van der Waals surface area contributed by atoms with E-state index in [1.165, 1.54) is 6.42 Å². The molecule has 0 spiro atoms. The van der Waals surface area contributed by atoms with Crippen molar-refractivity contribution >= 4 is 0 Å². The molecule has 0 N–H and O–H groups in total. The summed E-state index contributed by atoms with van der Waals surface area (Å²) in [5.74, 6) is 0.662. The van der Waals surface area contributed by atoms with Gasteiger partial charge < -0.3 is 0 Å². The molecule has 0 aliphatic rings. The van der Waals surface area contributed by atoms with Crippen LogP contribution in [-0.2, 0) is 0 Å². The largest absolute Gasteiger partial charge is 0.0877 e. The first kappa shape index (κ1) is 12.7. The number of allylic oxidation sites excluding steroid dienone is 2. The van der Waals surface area contributed by atoms with Gasteiger partial charge in [0.2, 0.25) is 0 Å². The van der Waals surface area contributed by atoms with Gasteiger partial charge in [0.15, 0.2) is 0 Å². The van der Waals surface area contributed by atoms with Gasteiger partial charge in [0.1, 0.15) is 0 Å². The quantitative estimate of drug-likeness (QED) is 0.545. The molecule has 0 aromatic heterocycles. The number of hydrogen-bond acceptors (Lipinski definition) is 0. The van der Waals surface area contributed by atoms with Crippen LogP contribution >= 0.6 is 0 Å². The zero-order valence-corrected chi connectivity index (χ0v) is 10.4. The van der Waals surface area contributed by atoms with E-state index < -0.39 is 0 Å². The molecule has 0 saturated heterocycles. The first-order valence-corrected chi connectivity index (χ1v) is 5.29. The maximum atomic E-state index is 2.35. The van der Waals surface area contributed by atoms with Gasteiger partial charge in [0, 0.05) is 0 Å². The van der Waals surface area contributed by atoms with Gasteiger partial charge in [-0.25, -0.2) is 0 Å². The predicted molar refractivity (Wildman–Crippen MR) is 61.8 cm³/mol. The third kappa shape index (κ3) is 6.86. The summed E-state index contributed by atoms with van der Waals surface area (Å²) in [5, 5.41) is 0. The van der Waals surface area contributed by atoms with Gasteiger partial charge in [-0.2, -0.15) is 0 Å². The Morgan fingerprint density at radius 1 is 1.00 bits per heavy atom. The molecule has 0 aliphatic carbocycles. The summed E-state index contributed by atoms with van der Waals surface area (Å²) in [7, 11) is 0. The summed E-state index contributed by atoms with van der Waals surface area (Å²) in [6.07, 6.45) is 5.86. The monoisotopic (exact) mass is 182 g/mol. The first-order valence-electron chi connectivity index (χ1n) is 5.29. The van der Waals surface area contributed by atoms with E-state index in [9.17, 15) is 0 Å². The Bertz CT molecular complexity index is 161. The molecule has 0 aromatic carbocycles. The molecule has 0 saturated carbocycles. The van der Waals surface area contributed by atoms with Crippen molar-refractivity contribution in [1.82, 2.24) is 0 Å². The minimum absolute atomic E-state index is 0.397. The van der Waals surface area contributed by atoms with E-state index in [4.69, 9.17) is 0 Å². The lowest BCUT2D eigenvalue weighted by atomic mass is 9.81. The van der Waals surface area contributed by atoms with Gasteiger partial charge in [-0.3, -0.25) is 0 Å². The average Bonchev–Trinajstić information content (AvgIpc) is 1.82. The summed E-state index contributed by atoms with van der Waals surface area (Å²) in [6, 6.07) is 0. The van der Waals surface area contributed by atoms with E-state index in [2.05, 4.69) is 60.6 Å². The Hall–Kier alpha value is -0.260. The zero-order valence-electron chi connectivity index (χ0n) is 10.4. The van der Waals surface area contributed by atoms with Crippen LogP contribution in [0.2, 0.25) is 0 Å². The molecule has 0 aromatic rings. The molecule has 1 unspecified atom stereocenters. The van der Waals surface area contributed by atoms with E-state index in [1.54, 1.807) is 0 Å². The molecular weight excluding hydrogens is 156 g/mol. The zero-order chi connectivity index (χ0) is 10.7. The van der Waals surface area contributed by atoms with E-state index >= 15 is 0 Å². The standard InChI is InChI=1S/C13H26/c1-11(13(5,6)7)9-8-10-12(2,3)4/h8-9,11H,10H2,1-7H3/b9-8-. The van der Waals surface area contributed by atoms with Crippen LogP contribution < -0.4 is 0 Å². The van der Waals surface area contributed by atoms with Crippen molar-refractivity contribution in [2.75, 3.05) is 0 Å². The minimum atomic E-state index is 0.397. The maximum Gasteiger partial charge on any atom is -0.0213 e. The van der Waals surface area contributed by atoms with Crippen molar-refractivity contribution in [2.24, 2.45) is 16.7 Å². The van der Waals surface area contributed by atoms with Crippen LogP contribution in [0.15, 0.2) is 12.2 Å². The summed E-state index contributed by atoms with van der Waals surface area (Å²) in [5.41, 5.74) is 0.822. The first-order chi connectivity index (χ1) is 5.63. The Morgan fingerprint density at radius 3 is 1.77 bits per heavy atom. The van der Waals surface area contributed by atoms with Crippen molar-refractivity contribution in [2.45, 2.75) is 54.9 Å². The Kier molecular flexibility index (Phi) is 4.22. The van der Waals surface area contributed by atoms with Gasteiger partial charge in [-0.15, -0.1) is 0 Å². The fourth-order valence-corrected chi connectivity index (χ4v) is 0.914. The molecule has 13 heavy (non-hydrogen) atoms. The average molecular weight is 182 g/mol.